The number of carboxylic acid groups (broad SMARTS) is 1. The van der Waals surface area contributed by atoms with Gasteiger partial charge in [0.25, 0.3) is 0 Å². The number of rotatable bonds is 7. The number of Topliss-reactive ketones (excluding diaryl/α,β-unsaturated/α-hetero) is 1. The van der Waals surface area contributed by atoms with Crippen LogP contribution in [-0.2, 0) is 4.79 Å². The summed E-state index contributed by atoms with van der Waals surface area (Å²) in [5.74, 6) is -0.474. The summed E-state index contributed by atoms with van der Waals surface area (Å²) in [6, 6.07) is 6.98. The van der Waals surface area contributed by atoms with Gasteiger partial charge in [-0.25, -0.2) is 0 Å². The van der Waals surface area contributed by atoms with Crippen LogP contribution in [0.5, 0.6) is 11.5 Å². The van der Waals surface area contributed by atoms with E-state index in [4.69, 9.17) is 21.1 Å². The molecule has 1 aliphatic rings. The Morgan fingerprint density at radius 2 is 2.21 bits per heavy atom. The summed E-state index contributed by atoms with van der Waals surface area (Å²) in [5.41, 5.74) is 0.723. The molecule has 0 amide bonds. The molecule has 0 N–H and O–H groups in total. The average molecular weight is 384 g/mol. The summed E-state index contributed by atoms with van der Waals surface area (Å²) < 4.78 is 10.6. The molecule has 0 unspecified atom stereocenters. The molecule has 1 aliphatic heterocycles. The van der Waals surface area contributed by atoms with Gasteiger partial charge in [0.05, 0.1) is 15.9 Å². The molecule has 5 nitrogen and oxygen atoms in total. The Kier molecular flexibility index (Phi) is 5.33. The van der Waals surface area contributed by atoms with Gasteiger partial charge in [0.15, 0.2) is 17.3 Å². The lowest BCUT2D eigenvalue weighted by molar-refractivity contribution is -0.301. The molecular formula is C16H12ClO5S2-. The molecule has 0 radical (unpaired) electrons. The predicted octanol–water partition coefficient (Wildman–Crippen LogP) is 2.93. The van der Waals surface area contributed by atoms with Gasteiger partial charge < -0.3 is 19.4 Å². The summed E-state index contributed by atoms with van der Waals surface area (Å²) in [4.78, 5) is 23.9. The summed E-state index contributed by atoms with van der Waals surface area (Å²) in [7, 11) is 0. The van der Waals surface area contributed by atoms with Crippen LogP contribution >= 0.6 is 34.7 Å². The molecule has 1 aromatic carbocycles. The third kappa shape index (κ3) is 3.85. The monoisotopic (exact) mass is 383 g/mol. The second kappa shape index (κ2) is 7.46. The Balaban J connectivity index is 1.85. The zero-order valence-electron chi connectivity index (χ0n) is 12.3. The zero-order valence-corrected chi connectivity index (χ0v) is 14.7. The van der Waals surface area contributed by atoms with E-state index in [1.165, 1.54) is 11.3 Å². The van der Waals surface area contributed by atoms with Crippen molar-refractivity contribution in [2.75, 3.05) is 12.5 Å². The van der Waals surface area contributed by atoms with E-state index >= 15 is 0 Å². The minimum Gasteiger partial charge on any atom is -0.549 e. The maximum Gasteiger partial charge on any atom is 0.231 e. The van der Waals surface area contributed by atoms with Gasteiger partial charge in [-0.3, -0.25) is 4.79 Å². The molecule has 0 saturated heterocycles. The van der Waals surface area contributed by atoms with Crippen LogP contribution in [0.25, 0.3) is 0 Å². The van der Waals surface area contributed by atoms with Crippen molar-refractivity contribution in [2.45, 2.75) is 11.7 Å². The standard InChI is InChI=1S/C16H13ClO5S2/c17-10-4-9(5-12-16(10)22-8-21-12)14(24-7-15(19)20)6-11(18)13-2-1-3-23-13/h1-5,14H,6-8H2,(H,19,20)/p-1/t14-/m0/s1. The summed E-state index contributed by atoms with van der Waals surface area (Å²) in [6.45, 7) is 0.0868. The first kappa shape index (κ1) is 17.1. The number of carbonyl (C=O) groups is 2. The maximum absolute atomic E-state index is 12.4. The average Bonchev–Trinajstić information content (AvgIpc) is 3.21. The molecule has 24 heavy (non-hydrogen) atoms. The van der Waals surface area contributed by atoms with E-state index in [9.17, 15) is 14.7 Å². The largest absolute Gasteiger partial charge is 0.549 e. The highest BCUT2D eigenvalue weighted by Gasteiger charge is 2.24. The second-order valence-electron chi connectivity index (χ2n) is 5.01. The second-order valence-corrected chi connectivity index (χ2v) is 7.56. The van der Waals surface area contributed by atoms with Gasteiger partial charge in [0.2, 0.25) is 6.79 Å². The molecule has 1 aromatic heterocycles. The molecule has 1 atom stereocenters. The van der Waals surface area contributed by atoms with Gasteiger partial charge in [0.1, 0.15) is 0 Å². The lowest BCUT2D eigenvalue weighted by Gasteiger charge is -2.17. The van der Waals surface area contributed by atoms with Gasteiger partial charge in [-0.15, -0.1) is 23.1 Å². The smallest absolute Gasteiger partial charge is 0.231 e. The highest BCUT2D eigenvalue weighted by molar-refractivity contribution is 8.00. The first-order valence-electron chi connectivity index (χ1n) is 7.02. The van der Waals surface area contributed by atoms with E-state index in [0.717, 1.165) is 17.3 Å². The lowest BCUT2D eigenvalue weighted by atomic mass is 10.1. The topological polar surface area (TPSA) is 75.7 Å². The Labute approximate surface area is 151 Å². The molecule has 0 saturated carbocycles. The first-order valence-corrected chi connectivity index (χ1v) is 9.32. The highest BCUT2D eigenvalue weighted by Crippen LogP contribution is 2.44. The molecular weight excluding hydrogens is 372 g/mol. The van der Waals surface area contributed by atoms with Crippen molar-refractivity contribution in [3.8, 4) is 11.5 Å². The fraction of sp³-hybridized carbons (Fsp3) is 0.250. The van der Waals surface area contributed by atoms with Crippen LogP contribution in [0.4, 0.5) is 0 Å². The maximum atomic E-state index is 12.4. The minimum absolute atomic E-state index is 0.0466. The molecule has 0 aliphatic carbocycles. The number of benzene rings is 1. The van der Waals surface area contributed by atoms with Crippen LogP contribution in [-0.4, -0.2) is 24.3 Å². The third-order valence-electron chi connectivity index (χ3n) is 3.39. The number of thioether (sulfide) groups is 1. The number of ketones is 1. The highest BCUT2D eigenvalue weighted by atomic mass is 35.5. The predicted molar refractivity (Wildman–Crippen MR) is 91.0 cm³/mol. The van der Waals surface area contributed by atoms with Crippen molar-refractivity contribution in [3.05, 3.63) is 45.1 Å². The summed E-state index contributed by atoms with van der Waals surface area (Å²) in [6.07, 6.45) is 0.161. The number of carbonyl (C=O) groups excluding carboxylic acids is 2. The molecule has 126 valence electrons. The summed E-state index contributed by atoms with van der Waals surface area (Å²) in [5, 5.41) is 12.7. The zero-order chi connectivity index (χ0) is 17.1. The van der Waals surface area contributed by atoms with Crippen molar-refractivity contribution in [3.63, 3.8) is 0 Å². The van der Waals surface area contributed by atoms with Crippen molar-refractivity contribution >= 4 is 46.5 Å². The fourth-order valence-electron chi connectivity index (χ4n) is 2.32. The van der Waals surface area contributed by atoms with Crippen LogP contribution in [0, 0.1) is 0 Å². The molecule has 2 aromatic rings. The number of carboxylic acids is 1. The Hall–Kier alpha value is -1.70. The Bertz CT molecular complexity index is 760. The van der Waals surface area contributed by atoms with E-state index in [0.29, 0.717) is 21.4 Å². The number of hydrogen-bond donors (Lipinski definition) is 0. The van der Waals surface area contributed by atoms with E-state index in [1.54, 1.807) is 24.3 Å². The van der Waals surface area contributed by atoms with Gasteiger partial charge in [-0.2, -0.15) is 0 Å². The first-order chi connectivity index (χ1) is 11.5. The van der Waals surface area contributed by atoms with Crippen molar-refractivity contribution < 1.29 is 24.2 Å². The van der Waals surface area contributed by atoms with Gasteiger partial charge in [-0.05, 0) is 29.1 Å². The SMILES string of the molecule is O=C([O-])CS[C@@H](CC(=O)c1cccs1)c1cc(Cl)c2c(c1)OCO2. The molecule has 0 bridgehead atoms. The number of hydrogen-bond acceptors (Lipinski definition) is 7. The van der Waals surface area contributed by atoms with E-state index in [2.05, 4.69) is 0 Å². The van der Waals surface area contributed by atoms with E-state index in [-0.39, 0.29) is 30.0 Å². The van der Waals surface area contributed by atoms with Crippen molar-refractivity contribution in [2.24, 2.45) is 0 Å². The van der Waals surface area contributed by atoms with Crippen LogP contribution in [0.1, 0.15) is 26.9 Å². The fourth-order valence-corrected chi connectivity index (χ4v) is 4.21. The van der Waals surface area contributed by atoms with Crippen LogP contribution in [0.15, 0.2) is 29.6 Å². The molecule has 8 heteroatoms. The quantitative estimate of drug-likeness (QED) is 0.684. The van der Waals surface area contributed by atoms with Crippen molar-refractivity contribution in [1.82, 2.24) is 0 Å². The number of thiophene rings is 1. The molecule has 2 heterocycles. The van der Waals surface area contributed by atoms with E-state index < -0.39 is 5.97 Å². The van der Waals surface area contributed by atoms with Gasteiger partial charge >= 0.3 is 0 Å². The Morgan fingerprint density at radius 3 is 2.92 bits per heavy atom. The molecule has 0 spiro atoms. The lowest BCUT2D eigenvalue weighted by Crippen LogP contribution is -2.25. The number of aliphatic carboxylic acids is 1. The van der Waals surface area contributed by atoms with Gasteiger partial charge in [-0.1, -0.05) is 17.7 Å². The minimum atomic E-state index is -1.18. The van der Waals surface area contributed by atoms with E-state index in [1.807, 2.05) is 5.38 Å². The van der Waals surface area contributed by atoms with Crippen LogP contribution in [0.2, 0.25) is 5.02 Å². The van der Waals surface area contributed by atoms with Crippen molar-refractivity contribution in [1.29, 1.82) is 0 Å². The number of halogens is 1. The summed E-state index contributed by atoms with van der Waals surface area (Å²) >= 11 is 8.68. The molecule has 0 fully saturated rings. The number of ether oxygens (including phenoxy) is 2. The Morgan fingerprint density at radius 1 is 1.38 bits per heavy atom. The third-order valence-corrected chi connectivity index (χ3v) is 5.83. The van der Waals surface area contributed by atoms with Crippen LogP contribution < -0.4 is 14.6 Å². The van der Waals surface area contributed by atoms with Gasteiger partial charge in [0, 0.05) is 17.4 Å². The number of fused-ring (bicyclic) bond motifs is 1. The molecule has 3 rings (SSSR count). The normalized spacial score (nSPS) is 13.7. The van der Waals surface area contributed by atoms with Crippen LogP contribution in [0.3, 0.4) is 0 Å².